The number of aliphatic hydroxyl groups excluding tert-OH is 2. The summed E-state index contributed by atoms with van der Waals surface area (Å²) in [6.45, 7) is 0.696. The fraction of sp³-hybridized carbons (Fsp3) is 0.200. The van der Waals surface area contributed by atoms with Gasteiger partial charge in [-0.2, -0.15) is 0 Å². The van der Waals surface area contributed by atoms with Gasteiger partial charge in [0.25, 0.3) is 0 Å². The molecule has 0 saturated carbocycles. The summed E-state index contributed by atoms with van der Waals surface area (Å²) >= 11 is 0. The first-order valence-electron chi connectivity index (χ1n) is 8.53. The Labute approximate surface area is 170 Å². The second-order valence-corrected chi connectivity index (χ2v) is 5.47. The number of aromatic carboxylic acids is 2. The number of hydrogen-bond donors (Lipinski definition) is 4. The molecule has 10 heteroatoms. The van der Waals surface area contributed by atoms with Gasteiger partial charge in [-0.15, -0.1) is 0 Å². The quantitative estimate of drug-likeness (QED) is 0.275. The molecule has 0 bridgehead atoms. The molecule has 30 heavy (non-hydrogen) atoms. The Hall–Kier alpha value is -3.60. The Balaban J connectivity index is 0.000000553. The van der Waals surface area contributed by atoms with Crippen molar-refractivity contribution in [1.29, 1.82) is 0 Å². The van der Waals surface area contributed by atoms with Crippen molar-refractivity contribution in [1.82, 2.24) is 0 Å². The van der Waals surface area contributed by atoms with Crippen molar-refractivity contribution in [2.45, 2.75) is 0 Å². The van der Waals surface area contributed by atoms with E-state index in [1.54, 1.807) is 0 Å². The average molecular weight is 420 g/mol. The average Bonchev–Trinajstić information content (AvgIpc) is 2.74. The van der Waals surface area contributed by atoms with Crippen molar-refractivity contribution in [2.24, 2.45) is 0 Å². The predicted molar refractivity (Wildman–Crippen MR) is 102 cm³/mol. The lowest BCUT2D eigenvalue weighted by Gasteiger charge is -2.06. The highest BCUT2D eigenvalue weighted by Crippen LogP contribution is 2.13. The summed E-state index contributed by atoms with van der Waals surface area (Å²) in [7, 11) is 0. The zero-order valence-corrected chi connectivity index (χ0v) is 15.7. The predicted octanol–water partition coefficient (Wildman–Crippen LogP) is 1.07. The van der Waals surface area contributed by atoms with Gasteiger partial charge in [0.15, 0.2) is 0 Å². The number of ether oxygens (including phenoxy) is 2. The van der Waals surface area contributed by atoms with E-state index in [2.05, 4.69) is 9.47 Å². The van der Waals surface area contributed by atoms with E-state index < -0.39 is 23.9 Å². The van der Waals surface area contributed by atoms with E-state index in [9.17, 15) is 19.2 Å². The van der Waals surface area contributed by atoms with E-state index >= 15 is 0 Å². The van der Waals surface area contributed by atoms with Gasteiger partial charge in [-0.05, 0) is 36.4 Å². The Morgan fingerprint density at radius 2 is 1.17 bits per heavy atom. The molecule has 0 heterocycles. The van der Waals surface area contributed by atoms with E-state index in [-0.39, 0.29) is 35.5 Å². The van der Waals surface area contributed by atoms with Crippen LogP contribution < -0.4 is 0 Å². The van der Waals surface area contributed by atoms with Crippen LogP contribution in [-0.2, 0) is 9.47 Å². The fourth-order valence-electron chi connectivity index (χ4n) is 2.03. The molecule has 0 aliphatic rings. The van der Waals surface area contributed by atoms with Crippen molar-refractivity contribution < 1.29 is 49.1 Å². The van der Waals surface area contributed by atoms with Crippen LogP contribution in [0.2, 0.25) is 0 Å². The summed E-state index contributed by atoms with van der Waals surface area (Å²) in [5.41, 5.74) is -0.595. The van der Waals surface area contributed by atoms with Gasteiger partial charge in [0, 0.05) is 0 Å². The molecular formula is C20H20O10. The zero-order chi connectivity index (χ0) is 22.5. The normalized spacial score (nSPS) is 9.80. The van der Waals surface area contributed by atoms with Gasteiger partial charge in [-0.25, -0.2) is 19.2 Å². The maximum atomic E-state index is 11.9. The molecule has 0 aliphatic heterocycles. The molecule has 0 radical (unpaired) electrons. The number of esters is 2. The molecule has 10 nitrogen and oxygen atoms in total. The summed E-state index contributed by atoms with van der Waals surface area (Å²) in [6, 6.07) is 10.1. The van der Waals surface area contributed by atoms with Crippen molar-refractivity contribution in [3.05, 3.63) is 70.8 Å². The van der Waals surface area contributed by atoms with Crippen LogP contribution in [0.25, 0.3) is 0 Å². The molecule has 160 valence electrons. The van der Waals surface area contributed by atoms with E-state index in [0.29, 0.717) is 13.2 Å². The Morgan fingerprint density at radius 3 is 1.63 bits per heavy atom. The minimum absolute atomic E-state index is 0.0240. The molecule has 2 aromatic rings. The number of carbonyl (C=O) groups excluding carboxylic acids is 2. The van der Waals surface area contributed by atoms with E-state index in [1.807, 2.05) is 0 Å². The first-order valence-corrected chi connectivity index (χ1v) is 8.53. The number of carboxylic acids is 2. The highest BCUT2D eigenvalue weighted by molar-refractivity contribution is 6.07. The number of hydrogen-bond acceptors (Lipinski definition) is 8. The van der Waals surface area contributed by atoms with Crippen LogP contribution >= 0.6 is 0 Å². The fourth-order valence-corrected chi connectivity index (χ4v) is 2.03. The Morgan fingerprint density at radius 1 is 0.667 bits per heavy atom. The molecule has 0 spiro atoms. The van der Waals surface area contributed by atoms with Crippen LogP contribution in [0.1, 0.15) is 41.4 Å². The first kappa shape index (κ1) is 24.4. The third-order valence-electron chi connectivity index (χ3n) is 3.40. The number of carboxylic acid groups (broad SMARTS) is 2. The second kappa shape index (κ2) is 12.8. The van der Waals surface area contributed by atoms with Crippen LogP contribution in [0.4, 0.5) is 0 Å². The molecule has 0 atom stereocenters. The largest absolute Gasteiger partial charge is 0.478 e. The lowest BCUT2D eigenvalue weighted by Crippen LogP contribution is -2.16. The van der Waals surface area contributed by atoms with Gasteiger partial charge in [0.1, 0.15) is 0 Å². The summed E-state index contributed by atoms with van der Waals surface area (Å²) in [4.78, 5) is 45.5. The molecule has 0 amide bonds. The lowest BCUT2D eigenvalue weighted by atomic mass is 10.1. The van der Waals surface area contributed by atoms with Crippen molar-refractivity contribution in [3.8, 4) is 0 Å². The summed E-state index contributed by atoms with van der Waals surface area (Å²) in [5, 5.41) is 33.9. The Kier molecular flexibility index (Phi) is 10.4. The molecule has 4 N–H and O–H groups in total. The molecule has 2 aromatic carbocycles. The number of aliphatic hydroxyl groups is 2. The van der Waals surface area contributed by atoms with Crippen LogP contribution in [0.5, 0.6) is 0 Å². The number of carbonyl (C=O) groups is 4. The van der Waals surface area contributed by atoms with E-state index in [1.165, 1.54) is 48.5 Å². The Bertz CT molecular complexity index is 869. The topological polar surface area (TPSA) is 168 Å². The van der Waals surface area contributed by atoms with Gasteiger partial charge in [0.2, 0.25) is 0 Å². The monoisotopic (exact) mass is 420 g/mol. The van der Waals surface area contributed by atoms with Gasteiger partial charge >= 0.3 is 23.9 Å². The molecule has 0 unspecified atom stereocenters. The van der Waals surface area contributed by atoms with Crippen LogP contribution in [0.15, 0.2) is 48.5 Å². The minimum Gasteiger partial charge on any atom is -0.478 e. The van der Waals surface area contributed by atoms with Crippen LogP contribution in [0, 0.1) is 0 Å². The van der Waals surface area contributed by atoms with Crippen LogP contribution in [-0.4, -0.2) is 70.7 Å². The molecule has 2 rings (SSSR count). The lowest BCUT2D eigenvalue weighted by molar-refractivity contribution is 0.0391. The van der Waals surface area contributed by atoms with Gasteiger partial charge in [-0.3, -0.25) is 0 Å². The van der Waals surface area contributed by atoms with Gasteiger partial charge in [-0.1, -0.05) is 12.1 Å². The van der Waals surface area contributed by atoms with E-state index in [0.717, 1.165) is 0 Å². The number of benzene rings is 2. The summed E-state index contributed by atoms with van der Waals surface area (Å²) in [6.07, 6.45) is 0. The maximum Gasteiger partial charge on any atom is 0.346 e. The number of rotatable bonds is 8. The standard InChI is InChI=1S/C16H10O7.C4H10O3/c17-13(18)9-5-7-10(8-6-9)15(21)23-16(22)12-4-2-1-3-11(12)14(19)20;5-1-3-7-4-2-6/h1-8H,(H,17,18)(H,19,20);5-6H,1-4H2. The van der Waals surface area contributed by atoms with Gasteiger partial charge in [0.05, 0.1) is 48.7 Å². The molecular weight excluding hydrogens is 400 g/mol. The van der Waals surface area contributed by atoms with Gasteiger partial charge < -0.3 is 29.9 Å². The molecule has 0 saturated heterocycles. The van der Waals surface area contributed by atoms with Crippen molar-refractivity contribution in [3.63, 3.8) is 0 Å². The summed E-state index contributed by atoms with van der Waals surface area (Å²) in [5.74, 6) is -4.59. The SMILES string of the molecule is O=C(O)c1ccc(C(=O)OC(=O)c2ccccc2C(=O)O)cc1.OCCOCCO. The van der Waals surface area contributed by atoms with Crippen molar-refractivity contribution >= 4 is 23.9 Å². The third kappa shape index (κ3) is 7.80. The zero-order valence-electron chi connectivity index (χ0n) is 15.7. The van der Waals surface area contributed by atoms with Crippen molar-refractivity contribution in [2.75, 3.05) is 26.4 Å². The smallest absolute Gasteiger partial charge is 0.346 e. The van der Waals surface area contributed by atoms with E-state index in [4.69, 9.17) is 20.4 Å². The summed E-state index contributed by atoms with van der Waals surface area (Å²) < 4.78 is 9.26. The molecule has 0 aromatic heterocycles. The molecule has 0 aliphatic carbocycles. The maximum absolute atomic E-state index is 11.9. The van der Waals surface area contributed by atoms with Crippen LogP contribution in [0.3, 0.4) is 0 Å². The highest BCUT2D eigenvalue weighted by Gasteiger charge is 2.20. The highest BCUT2D eigenvalue weighted by atomic mass is 16.6. The first-order chi connectivity index (χ1) is 14.3. The third-order valence-corrected chi connectivity index (χ3v) is 3.40. The molecule has 0 fully saturated rings. The minimum atomic E-state index is -1.32. The second-order valence-electron chi connectivity index (χ2n) is 5.47.